The number of nitrogens with zero attached hydrogens (tertiary/aromatic N) is 1. The number of hydrogen-bond acceptors (Lipinski definition) is 4. The van der Waals surface area contributed by atoms with Crippen molar-refractivity contribution in [2.24, 2.45) is 0 Å². The molecule has 0 heterocycles. The molecule has 0 radical (unpaired) electrons. The maximum absolute atomic E-state index is 13.8. The number of ether oxygens (including phenoxy) is 2. The first kappa shape index (κ1) is 22.2. The van der Waals surface area contributed by atoms with E-state index in [1.54, 1.807) is 32.2 Å². The Hall–Kier alpha value is -3.09. The molecule has 156 valence electrons. The molecule has 7 heteroatoms. The SMILES string of the molecule is COc1cccc(CN(C(=O)COc2ccccc2F)C(C)C(=O)NC(C)C)c1. The van der Waals surface area contributed by atoms with E-state index in [1.165, 1.54) is 23.1 Å². The molecule has 0 spiro atoms. The molecule has 0 aliphatic carbocycles. The van der Waals surface area contributed by atoms with Gasteiger partial charge in [0, 0.05) is 12.6 Å². The van der Waals surface area contributed by atoms with Crippen LogP contribution < -0.4 is 14.8 Å². The lowest BCUT2D eigenvalue weighted by Gasteiger charge is -2.29. The highest BCUT2D eigenvalue weighted by atomic mass is 19.1. The Morgan fingerprint density at radius 1 is 1.10 bits per heavy atom. The molecule has 0 saturated carbocycles. The lowest BCUT2D eigenvalue weighted by Crippen LogP contribution is -2.50. The number of carbonyl (C=O) groups is 2. The Kier molecular flexibility index (Phi) is 8.00. The van der Waals surface area contributed by atoms with Crippen LogP contribution >= 0.6 is 0 Å². The minimum Gasteiger partial charge on any atom is -0.497 e. The third-order valence-corrected chi connectivity index (χ3v) is 4.27. The predicted molar refractivity (Wildman–Crippen MR) is 108 cm³/mol. The summed E-state index contributed by atoms with van der Waals surface area (Å²) in [6.45, 7) is 5.15. The Labute approximate surface area is 170 Å². The van der Waals surface area contributed by atoms with Gasteiger partial charge in [-0.1, -0.05) is 24.3 Å². The van der Waals surface area contributed by atoms with Crippen LogP contribution in [0.1, 0.15) is 26.3 Å². The van der Waals surface area contributed by atoms with E-state index in [9.17, 15) is 14.0 Å². The van der Waals surface area contributed by atoms with E-state index in [4.69, 9.17) is 9.47 Å². The third-order valence-electron chi connectivity index (χ3n) is 4.27. The van der Waals surface area contributed by atoms with Gasteiger partial charge in [-0.15, -0.1) is 0 Å². The molecule has 1 N–H and O–H groups in total. The van der Waals surface area contributed by atoms with Gasteiger partial charge in [-0.05, 0) is 50.6 Å². The Morgan fingerprint density at radius 2 is 1.83 bits per heavy atom. The summed E-state index contributed by atoms with van der Waals surface area (Å²) in [7, 11) is 1.56. The van der Waals surface area contributed by atoms with Crippen LogP contribution in [0, 0.1) is 5.82 Å². The highest BCUT2D eigenvalue weighted by molar-refractivity contribution is 5.88. The Morgan fingerprint density at radius 3 is 2.48 bits per heavy atom. The summed E-state index contributed by atoms with van der Waals surface area (Å²) in [6, 6.07) is 12.3. The van der Waals surface area contributed by atoms with Crippen molar-refractivity contribution in [3.8, 4) is 11.5 Å². The van der Waals surface area contributed by atoms with Crippen LogP contribution in [0.25, 0.3) is 0 Å². The van der Waals surface area contributed by atoms with E-state index in [-0.39, 0.29) is 30.9 Å². The van der Waals surface area contributed by atoms with Crippen LogP contribution in [-0.2, 0) is 16.1 Å². The first-order chi connectivity index (χ1) is 13.8. The monoisotopic (exact) mass is 402 g/mol. The number of rotatable bonds is 9. The molecule has 0 bridgehead atoms. The molecule has 0 aliphatic rings. The van der Waals surface area contributed by atoms with Crippen LogP contribution in [0.5, 0.6) is 11.5 Å². The van der Waals surface area contributed by atoms with Gasteiger partial charge in [0.15, 0.2) is 18.2 Å². The molecule has 0 aliphatic heterocycles. The number of halogens is 1. The molecule has 29 heavy (non-hydrogen) atoms. The average Bonchev–Trinajstić information content (AvgIpc) is 2.70. The largest absolute Gasteiger partial charge is 0.497 e. The minimum atomic E-state index is -0.736. The fraction of sp³-hybridized carbons (Fsp3) is 0.364. The molecule has 2 rings (SSSR count). The number of benzene rings is 2. The fourth-order valence-corrected chi connectivity index (χ4v) is 2.74. The summed E-state index contributed by atoms with van der Waals surface area (Å²) in [5.74, 6) is -0.617. The maximum atomic E-state index is 13.8. The van der Waals surface area contributed by atoms with E-state index in [0.29, 0.717) is 5.75 Å². The fourth-order valence-electron chi connectivity index (χ4n) is 2.74. The normalized spacial score (nSPS) is 11.7. The summed E-state index contributed by atoms with van der Waals surface area (Å²) >= 11 is 0. The lowest BCUT2D eigenvalue weighted by atomic mass is 10.1. The van der Waals surface area contributed by atoms with Gasteiger partial charge in [0.25, 0.3) is 5.91 Å². The summed E-state index contributed by atoms with van der Waals surface area (Å²) in [6.07, 6.45) is 0. The molecule has 0 saturated heterocycles. The second kappa shape index (κ2) is 10.5. The van der Waals surface area contributed by atoms with Gasteiger partial charge in [-0.25, -0.2) is 4.39 Å². The molecular weight excluding hydrogens is 375 g/mol. The molecule has 2 aromatic carbocycles. The number of para-hydroxylation sites is 1. The molecule has 0 fully saturated rings. The second-order valence-electron chi connectivity index (χ2n) is 6.93. The predicted octanol–water partition coefficient (Wildman–Crippen LogP) is 3.16. The average molecular weight is 402 g/mol. The first-order valence-corrected chi connectivity index (χ1v) is 9.42. The van der Waals surface area contributed by atoms with Crippen molar-refractivity contribution < 1.29 is 23.5 Å². The first-order valence-electron chi connectivity index (χ1n) is 9.42. The zero-order valence-electron chi connectivity index (χ0n) is 17.1. The van der Waals surface area contributed by atoms with Crippen molar-refractivity contribution in [3.05, 3.63) is 59.9 Å². The summed E-state index contributed by atoms with van der Waals surface area (Å²) in [5, 5.41) is 2.81. The number of nitrogens with one attached hydrogen (secondary N) is 1. The van der Waals surface area contributed by atoms with Gasteiger partial charge in [0.1, 0.15) is 11.8 Å². The number of methoxy groups -OCH3 is 1. The highest BCUT2D eigenvalue weighted by Crippen LogP contribution is 2.18. The van der Waals surface area contributed by atoms with Crippen LogP contribution in [0.3, 0.4) is 0 Å². The Bertz CT molecular complexity index is 841. The van der Waals surface area contributed by atoms with E-state index >= 15 is 0 Å². The van der Waals surface area contributed by atoms with E-state index < -0.39 is 17.8 Å². The lowest BCUT2D eigenvalue weighted by molar-refractivity contribution is -0.142. The molecule has 0 aromatic heterocycles. The van der Waals surface area contributed by atoms with Gasteiger partial charge < -0.3 is 19.7 Å². The quantitative estimate of drug-likeness (QED) is 0.700. The van der Waals surface area contributed by atoms with Crippen molar-refractivity contribution in [1.29, 1.82) is 0 Å². The summed E-state index contributed by atoms with van der Waals surface area (Å²) < 4.78 is 24.4. The molecule has 2 aromatic rings. The minimum absolute atomic E-state index is 0.0125. The molecule has 2 amide bonds. The maximum Gasteiger partial charge on any atom is 0.261 e. The van der Waals surface area contributed by atoms with Gasteiger partial charge >= 0.3 is 0 Å². The standard InChI is InChI=1S/C22H27FN2O4/c1-15(2)24-22(27)16(3)25(13-17-8-7-9-18(12-17)28-4)21(26)14-29-20-11-6-5-10-19(20)23/h5-12,15-16H,13-14H2,1-4H3,(H,24,27). The molecular formula is C22H27FN2O4. The van der Waals surface area contributed by atoms with Gasteiger partial charge in [0.2, 0.25) is 5.91 Å². The number of carbonyl (C=O) groups excluding carboxylic acids is 2. The van der Waals surface area contributed by atoms with Crippen LogP contribution in [0.2, 0.25) is 0 Å². The topological polar surface area (TPSA) is 67.9 Å². The summed E-state index contributed by atoms with van der Waals surface area (Å²) in [5.41, 5.74) is 0.799. The highest BCUT2D eigenvalue weighted by Gasteiger charge is 2.27. The van der Waals surface area contributed by atoms with Crippen molar-refractivity contribution in [2.75, 3.05) is 13.7 Å². The van der Waals surface area contributed by atoms with Crippen molar-refractivity contribution in [2.45, 2.75) is 39.4 Å². The number of amides is 2. The van der Waals surface area contributed by atoms with Crippen molar-refractivity contribution in [1.82, 2.24) is 10.2 Å². The molecule has 1 unspecified atom stereocenters. The van der Waals surface area contributed by atoms with Crippen LogP contribution in [0.15, 0.2) is 48.5 Å². The van der Waals surface area contributed by atoms with Crippen molar-refractivity contribution in [3.63, 3.8) is 0 Å². The van der Waals surface area contributed by atoms with E-state index in [0.717, 1.165) is 5.56 Å². The summed E-state index contributed by atoms with van der Waals surface area (Å²) in [4.78, 5) is 26.8. The van der Waals surface area contributed by atoms with Crippen LogP contribution in [-0.4, -0.2) is 42.5 Å². The van der Waals surface area contributed by atoms with Gasteiger partial charge in [0.05, 0.1) is 7.11 Å². The van der Waals surface area contributed by atoms with Gasteiger partial charge in [-0.2, -0.15) is 0 Å². The van der Waals surface area contributed by atoms with Gasteiger partial charge in [-0.3, -0.25) is 9.59 Å². The van der Waals surface area contributed by atoms with E-state index in [1.807, 2.05) is 26.0 Å². The smallest absolute Gasteiger partial charge is 0.261 e. The molecule has 6 nitrogen and oxygen atoms in total. The molecule has 1 atom stereocenters. The zero-order chi connectivity index (χ0) is 21.4. The van der Waals surface area contributed by atoms with Crippen LogP contribution in [0.4, 0.5) is 4.39 Å². The van der Waals surface area contributed by atoms with E-state index in [2.05, 4.69) is 5.32 Å². The van der Waals surface area contributed by atoms with Crippen molar-refractivity contribution >= 4 is 11.8 Å². The number of hydrogen-bond donors (Lipinski definition) is 1. The Balaban J connectivity index is 2.19. The zero-order valence-corrected chi connectivity index (χ0v) is 17.1. The third kappa shape index (κ3) is 6.48. The second-order valence-corrected chi connectivity index (χ2v) is 6.93.